The predicted molar refractivity (Wildman–Crippen MR) is 82.3 cm³/mol. The van der Waals surface area contributed by atoms with E-state index in [0.29, 0.717) is 22.9 Å². The van der Waals surface area contributed by atoms with E-state index in [2.05, 4.69) is 10.3 Å². The quantitative estimate of drug-likeness (QED) is 0.922. The zero-order valence-electron chi connectivity index (χ0n) is 12.5. The maximum atomic E-state index is 12.1. The van der Waals surface area contributed by atoms with Crippen LogP contribution in [-0.2, 0) is 6.54 Å². The van der Waals surface area contributed by atoms with Gasteiger partial charge in [0, 0.05) is 6.54 Å². The van der Waals surface area contributed by atoms with Crippen LogP contribution in [0.25, 0.3) is 0 Å². The maximum Gasteiger partial charge on any atom is 0.263 e. The number of ether oxygens (including phenoxy) is 2. The number of benzene rings is 1. The number of nitrogens with one attached hydrogen (secondary N) is 1. The lowest BCUT2D eigenvalue weighted by molar-refractivity contribution is 0.0954. The van der Waals surface area contributed by atoms with Gasteiger partial charge in [0.1, 0.15) is 4.88 Å². The van der Waals surface area contributed by atoms with Crippen molar-refractivity contribution in [2.75, 3.05) is 14.2 Å². The SMILES string of the molecule is COc1ccc(CNC(=O)c2sc(C)nc2C)cc1OC. The molecule has 2 aromatic rings. The molecule has 0 aliphatic carbocycles. The van der Waals surface area contributed by atoms with Crippen molar-refractivity contribution in [3.8, 4) is 11.5 Å². The lowest BCUT2D eigenvalue weighted by Gasteiger charge is -2.10. The topological polar surface area (TPSA) is 60.5 Å². The third-order valence-electron chi connectivity index (χ3n) is 3.01. The standard InChI is InChI=1S/C15H18N2O3S/c1-9-14(21-10(2)17-9)15(18)16-8-11-5-6-12(19-3)13(7-11)20-4/h5-7H,8H2,1-4H3,(H,16,18). The third kappa shape index (κ3) is 3.52. The number of aromatic nitrogens is 1. The van der Waals surface area contributed by atoms with Crippen LogP contribution in [0.15, 0.2) is 18.2 Å². The van der Waals surface area contributed by atoms with Crippen LogP contribution < -0.4 is 14.8 Å². The zero-order chi connectivity index (χ0) is 15.4. The number of nitrogens with zero attached hydrogens (tertiary/aromatic N) is 1. The molecule has 0 aliphatic heterocycles. The first kappa shape index (κ1) is 15.3. The Morgan fingerprint density at radius 3 is 2.52 bits per heavy atom. The van der Waals surface area contributed by atoms with Crippen molar-refractivity contribution in [3.63, 3.8) is 0 Å². The number of methoxy groups -OCH3 is 2. The number of thiazole rings is 1. The summed E-state index contributed by atoms with van der Waals surface area (Å²) in [6, 6.07) is 5.57. The Balaban J connectivity index is 2.06. The van der Waals surface area contributed by atoms with E-state index in [1.54, 1.807) is 14.2 Å². The normalized spacial score (nSPS) is 10.3. The molecule has 0 bridgehead atoms. The molecular weight excluding hydrogens is 288 g/mol. The van der Waals surface area contributed by atoms with Gasteiger partial charge in [-0.2, -0.15) is 0 Å². The lowest BCUT2D eigenvalue weighted by atomic mass is 10.2. The fraction of sp³-hybridized carbons (Fsp3) is 0.333. The fourth-order valence-corrected chi connectivity index (χ4v) is 2.83. The number of carbonyl (C=O) groups is 1. The Morgan fingerprint density at radius 2 is 1.95 bits per heavy atom. The molecule has 21 heavy (non-hydrogen) atoms. The summed E-state index contributed by atoms with van der Waals surface area (Å²) < 4.78 is 10.4. The second kappa shape index (κ2) is 6.58. The highest BCUT2D eigenvalue weighted by Gasteiger charge is 2.13. The summed E-state index contributed by atoms with van der Waals surface area (Å²) in [4.78, 5) is 17.1. The van der Waals surface area contributed by atoms with Crippen molar-refractivity contribution in [3.05, 3.63) is 39.3 Å². The van der Waals surface area contributed by atoms with Gasteiger partial charge >= 0.3 is 0 Å². The van der Waals surface area contributed by atoms with Crippen LogP contribution in [-0.4, -0.2) is 25.1 Å². The molecule has 0 saturated carbocycles. The Bertz CT molecular complexity index is 652. The van der Waals surface area contributed by atoms with E-state index >= 15 is 0 Å². The zero-order valence-corrected chi connectivity index (χ0v) is 13.3. The summed E-state index contributed by atoms with van der Waals surface area (Å²) in [6.45, 7) is 4.16. The first-order valence-electron chi connectivity index (χ1n) is 6.48. The molecule has 0 radical (unpaired) electrons. The van der Waals surface area contributed by atoms with E-state index in [4.69, 9.17) is 9.47 Å². The summed E-state index contributed by atoms with van der Waals surface area (Å²) in [6.07, 6.45) is 0. The van der Waals surface area contributed by atoms with E-state index in [0.717, 1.165) is 16.3 Å². The van der Waals surface area contributed by atoms with Crippen LogP contribution in [0.5, 0.6) is 11.5 Å². The van der Waals surface area contributed by atoms with Gasteiger partial charge in [0.05, 0.1) is 24.9 Å². The molecule has 5 nitrogen and oxygen atoms in total. The molecule has 112 valence electrons. The maximum absolute atomic E-state index is 12.1. The number of hydrogen-bond donors (Lipinski definition) is 1. The van der Waals surface area contributed by atoms with Crippen LogP contribution in [0, 0.1) is 13.8 Å². The van der Waals surface area contributed by atoms with Gasteiger partial charge in [-0.15, -0.1) is 11.3 Å². The minimum absolute atomic E-state index is 0.104. The molecule has 0 aliphatic rings. The van der Waals surface area contributed by atoms with Crippen LogP contribution in [0.2, 0.25) is 0 Å². The first-order chi connectivity index (χ1) is 10.0. The van der Waals surface area contributed by atoms with E-state index < -0.39 is 0 Å². The molecule has 1 heterocycles. The number of hydrogen-bond acceptors (Lipinski definition) is 5. The van der Waals surface area contributed by atoms with Crippen LogP contribution >= 0.6 is 11.3 Å². The average molecular weight is 306 g/mol. The number of amides is 1. The predicted octanol–water partition coefficient (Wildman–Crippen LogP) is 2.71. The van der Waals surface area contributed by atoms with E-state index in [-0.39, 0.29) is 5.91 Å². The molecule has 1 N–H and O–H groups in total. The summed E-state index contributed by atoms with van der Waals surface area (Å²) in [5.41, 5.74) is 1.71. The molecular formula is C15H18N2O3S. The molecule has 1 aromatic carbocycles. The van der Waals surface area contributed by atoms with Crippen LogP contribution in [0.3, 0.4) is 0 Å². The molecule has 0 fully saturated rings. The fourth-order valence-electron chi connectivity index (χ4n) is 2.00. The van der Waals surface area contributed by atoms with Crippen molar-refractivity contribution in [1.29, 1.82) is 0 Å². The van der Waals surface area contributed by atoms with E-state index in [1.807, 2.05) is 32.0 Å². The summed E-state index contributed by atoms with van der Waals surface area (Å²) in [5, 5.41) is 3.79. The number of rotatable bonds is 5. The van der Waals surface area contributed by atoms with Gasteiger partial charge < -0.3 is 14.8 Å². The van der Waals surface area contributed by atoms with Crippen molar-refractivity contribution in [1.82, 2.24) is 10.3 Å². The van der Waals surface area contributed by atoms with Crippen molar-refractivity contribution < 1.29 is 14.3 Å². The molecule has 2 rings (SSSR count). The smallest absolute Gasteiger partial charge is 0.263 e. The largest absolute Gasteiger partial charge is 0.493 e. The van der Waals surface area contributed by atoms with Crippen LogP contribution in [0.1, 0.15) is 25.9 Å². The highest BCUT2D eigenvalue weighted by molar-refractivity contribution is 7.13. The summed E-state index contributed by atoms with van der Waals surface area (Å²) >= 11 is 1.40. The second-order valence-corrected chi connectivity index (χ2v) is 5.72. The monoisotopic (exact) mass is 306 g/mol. The van der Waals surface area contributed by atoms with Crippen molar-refractivity contribution in [2.24, 2.45) is 0 Å². The lowest BCUT2D eigenvalue weighted by Crippen LogP contribution is -2.22. The minimum atomic E-state index is -0.104. The molecule has 6 heteroatoms. The molecule has 1 aromatic heterocycles. The van der Waals surface area contributed by atoms with E-state index in [9.17, 15) is 4.79 Å². The van der Waals surface area contributed by atoms with Gasteiger partial charge in [-0.05, 0) is 31.5 Å². The molecule has 0 unspecified atom stereocenters. The van der Waals surface area contributed by atoms with Gasteiger partial charge in [-0.1, -0.05) is 6.07 Å². The molecule has 0 spiro atoms. The molecule has 1 amide bonds. The van der Waals surface area contributed by atoms with Gasteiger partial charge in [0.2, 0.25) is 0 Å². The van der Waals surface area contributed by atoms with Gasteiger partial charge in [-0.3, -0.25) is 4.79 Å². The Hall–Kier alpha value is -2.08. The Morgan fingerprint density at radius 1 is 1.24 bits per heavy atom. The highest BCUT2D eigenvalue weighted by Crippen LogP contribution is 2.27. The number of carbonyl (C=O) groups excluding carboxylic acids is 1. The molecule has 0 atom stereocenters. The minimum Gasteiger partial charge on any atom is -0.493 e. The summed E-state index contributed by atoms with van der Waals surface area (Å²) in [5.74, 6) is 1.21. The van der Waals surface area contributed by atoms with Crippen molar-refractivity contribution >= 4 is 17.2 Å². The van der Waals surface area contributed by atoms with Crippen molar-refractivity contribution in [2.45, 2.75) is 20.4 Å². The third-order valence-corrected chi connectivity index (χ3v) is 4.08. The Kier molecular flexibility index (Phi) is 4.80. The second-order valence-electron chi connectivity index (χ2n) is 4.52. The average Bonchev–Trinajstić information content (AvgIpc) is 2.83. The number of aryl methyl sites for hydroxylation is 2. The van der Waals surface area contributed by atoms with Gasteiger partial charge in [0.15, 0.2) is 11.5 Å². The first-order valence-corrected chi connectivity index (χ1v) is 7.30. The van der Waals surface area contributed by atoms with Gasteiger partial charge in [0.25, 0.3) is 5.91 Å². The van der Waals surface area contributed by atoms with Crippen LogP contribution in [0.4, 0.5) is 0 Å². The van der Waals surface area contributed by atoms with Gasteiger partial charge in [-0.25, -0.2) is 4.98 Å². The molecule has 0 saturated heterocycles. The Labute approximate surface area is 127 Å². The highest BCUT2D eigenvalue weighted by atomic mass is 32.1. The summed E-state index contributed by atoms with van der Waals surface area (Å²) in [7, 11) is 3.18. The van der Waals surface area contributed by atoms with E-state index in [1.165, 1.54) is 11.3 Å².